The van der Waals surface area contributed by atoms with Crippen LogP contribution >= 0.6 is 0 Å². The maximum Gasteiger partial charge on any atom is 0.0695 e. The third kappa shape index (κ3) is 3.48. The minimum Gasteiger partial charge on any atom is -0.391 e. The summed E-state index contributed by atoms with van der Waals surface area (Å²) in [6.07, 6.45) is 6.09. The summed E-state index contributed by atoms with van der Waals surface area (Å²) >= 11 is 0. The van der Waals surface area contributed by atoms with Crippen molar-refractivity contribution in [2.75, 3.05) is 13.1 Å². The van der Waals surface area contributed by atoms with E-state index in [1.54, 1.807) is 0 Å². The molecule has 0 heterocycles. The minimum absolute atomic E-state index is 0.0951. The molecule has 2 rings (SSSR count). The van der Waals surface area contributed by atoms with Gasteiger partial charge in [-0.1, -0.05) is 27.7 Å². The topological polar surface area (TPSA) is 23.5 Å². The molecule has 2 aliphatic carbocycles. The van der Waals surface area contributed by atoms with Crippen LogP contribution in [0.2, 0.25) is 0 Å². The third-order valence-corrected chi connectivity index (χ3v) is 5.07. The van der Waals surface area contributed by atoms with Crippen LogP contribution in [0.4, 0.5) is 0 Å². The van der Waals surface area contributed by atoms with Gasteiger partial charge in [0.05, 0.1) is 6.10 Å². The van der Waals surface area contributed by atoms with E-state index in [0.717, 1.165) is 24.8 Å². The second-order valence-electron chi connectivity index (χ2n) is 7.54. The SMILES string of the molecule is CCN(CC1CC1)C1CC(C(C)(C)C)CCC1O. The fourth-order valence-electron chi connectivity index (χ4n) is 3.44. The molecule has 1 N–H and O–H groups in total. The average Bonchev–Trinajstić information content (AvgIpc) is 3.09. The Morgan fingerprint density at radius 2 is 1.78 bits per heavy atom. The van der Waals surface area contributed by atoms with E-state index in [1.165, 1.54) is 32.2 Å². The molecule has 3 atom stereocenters. The molecule has 3 unspecified atom stereocenters. The molecule has 2 heteroatoms. The standard InChI is InChI=1S/C16H31NO/c1-5-17(11-12-6-7-12)14-10-13(16(2,3)4)8-9-15(14)18/h12-15,18H,5-11H2,1-4H3. The summed E-state index contributed by atoms with van der Waals surface area (Å²) in [4.78, 5) is 2.56. The summed E-state index contributed by atoms with van der Waals surface area (Å²) in [5.41, 5.74) is 0.386. The van der Waals surface area contributed by atoms with Crippen molar-refractivity contribution in [1.82, 2.24) is 4.90 Å². The fourth-order valence-corrected chi connectivity index (χ4v) is 3.44. The molecule has 0 saturated heterocycles. The Balaban J connectivity index is 1.98. The van der Waals surface area contributed by atoms with Crippen molar-refractivity contribution in [3.05, 3.63) is 0 Å². The van der Waals surface area contributed by atoms with Crippen LogP contribution in [0, 0.1) is 17.3 Å². The van der Waals surface area contributed by atoms with Crippen LogP contribution in [0.1, 0.15) is 59.8 Å². The van der Waals surface area contributed by atoms with Crippen LogP contribution in [0.5, 0.6) is 0 Å². The van der Waals surface area contributed by atoms with E-state index < -0.39 is 0 Å². The van der Waals surface area contributed by atoms with Crippen molar-refractivity contribution in [2.45, 2.75) is 71.9 Å². The quantitative estimate of drug-likeness (QED) is 0.831. The Kier molecular flexibility index (Phi) is 4.38. The van der Waals surface area contributed by atoms with E-state index in [0.29, 0.717) is 11.5 Å². The Hall–Kier alpha value is -0.0800. The first-order chi connectivity index (χ1) is 8.41. The number of likely N-dealkylation sites (N-methyl/N-ethyl adjacent to an activating group) is 1. The lowest BCUT2D eigenvalue weighted by molar-refractivity contribution is -0.0168. The molecule has 0 aromatic rings. The number of rotatable bonds is 4. The van der Waals surface area contributed by atoms with Crippen molar-refractivity contribution < 1.29 is 5.11 Å². The largest absolute Gasteiger partial charge is 0.391 e. The van der Waals surface area contributed by atoms with E-state index >= 15 is 0 Å². The molecule has 0 aromatic carbocycles. The van der Waals surface area contributed by atoms with Gasteiger partial charge in [0.2, 0.25) is 0 Å². The van der Waals surface area contributed by atoms with Crippen molar-refractivity contribution in [3.63, 3.8) is 0 Å². The Morgan fingerprint density at radius 1 is 1.11 bits per heavy atom. The lowest BCUT2D eigenvalue weighted by Crippen LogP contribution is -2.49. The molecule has 0 spiro atoms. The maximum absolute atomic E-state index is 10.3. The van der Waals surface area contributed by atoms with Crippen LogP contribution in [0.25, 0.3) is 0 Å². The fraction of sp³-hybridized carbons (Fsp3) is 1.00. The van der Waals surface area contributed by atoms with E-state index in [2.05, 4.69) is 32.6 Å². The highest BCUT2D eigenvalue weighted by atomic mass is 16.3. The predicted molar refractivity (Wildman–Crippen MR) is 76.6 cm³/mol. The number of hydrogen-bond acceptors (Lipinski definition) is 2. The first kappa shape index (κ1) is 14.3. The van der Waals surface area contributed by atoms with Crippen LogP contribution in [0.3, 0.4) is 0 Å². The zero-order valence-corrected chi connectivity index (χ0v) is 12.7. The first-order valence-corrected chi connectivity index (χ1v) is 7.84. The van der Waals surface area contributed by atoms with Gasteiger partial charge in [0.15, 0.2) is 0 Å². The van der Waals surface area contributed by atoms with E-state index in [1.807, 2.05) is 0 Å². The van der Waals surface area contributed by atoms with Gasteiger partial charge in [0.25, 0.3) is 0 Å². The van der Waals surface area contributed by atoms with E-state index in [-0.39, 0.29) is 6.10 Å². The highest BCUT2D eigenvalue weighted by Gasteiger charge is 2.38. The van der Waals surface area contributed by atoms with Gasteiger partial charge in [-0.05, 0) is 55.9 Å². The van der Waals surface area contributed by atoms with E-state index in [9.17, 15) is 5.11 Å². The molecule has 2 aliphatic rings. The number of aliphatic hydroxyl groups excluding tert-OH is 1. The Bertz CT molecular complexity index is 267. The van der Waals surface area contributed by atoms with Crippen molar-refractivity contribution in [2.24, 2.45) is 17.3 Å². The summed E-state index contributed by atoms with van der Waals surface area (Å²) in [5.74, 6) is 1.69. The third-order valence-electron chi connectivity index (χ3n) is 5.07. The van der Waals surface area contributed by atoms with Crippen LogP contribution < -0.4 is 0 Å². The van der Waals surface area contributed by atoms with Gasteiger partial charge < -0.3 is 5.11 Å². The Labute approximate surface area is 113 Å². The molecule has 2 saturated carbocycles. The minimum atomic E-state index is -0.0951. The summed E-state index contributed by atoms with van der Waals surface area (Å²) in [7, 11) is 0. The summed E-state index contributed by atoms with van der Waals surface area (Å²) < 4.78 is 0. The predicted octanol–water partition coefficient (Wildman–Crippen LogP) is 3.29. The van der Waals surface area contributed by atoms with Gasteiger partial charge in [0, 0.05) is 12.6 Å². The molecule has 0 radical (unpaired) electrons. The smallest absolute Gasteiger partial charge is 0.0695 e. The van der Waals surface area contributed by atoms with Gasteiger partial charge in [-0.25, -0.2) is 0 Å². The van der Waals surface area contributed by atoms with Gasteiger partial charge in [-0.3, -0.25) is 4.90 Å². The van der Waals surface area contributed by atoms with E-state index in [4.69, 9.17) is 0 Å². The van der Waals surface area contributed by atoms with Crippen LogP contribution in [-0.2, 0) is 0 Å². The lowest BCUT2D eigenvalue weighted by Gasteiger charge is -2.44. The summed E-state index contributed by atoms with van der Waals surface area (Å²) in [6.45, 7) is 11.6. The molecular formula is C16H31NO. The van der Waals surface area contributed by atoms with Gasteiger partial charge in [-0.2, -0.15) is 0 Å². The molecule has 106 valence electrons. The van der Waals surface area contributed by atoms with Gasteiger partial charge >= 0.3 is 0 Å². The molecule has 0 amide bonds. The molecule has 0 aromatic heterocycles. The highest BCUT2D eigenvalue weighted by molar-refractivity contribution is 4.92. The molecule has 0 aliphatic heterocycles. The maximum atomic E-state index is 10.3. The molecule has 2 nitrogen and oxygen atoms in total. The second-order valence-corrected chi connectivity index (χ2v) is 7.54. The first-order valence-electron chi connectivity index (χ1n) is 7.84. The molecular weight excluding hydrogens is 222 g/mol. The van der Waals surface area contributed by atoms with Crippen LogP contribution in [-0.4, -0.2) is 35.2 Å². The summed E-state index contributed by atoms with van der Waals surface area (Å²) in [6, 6.07) is 0.411. The second kappa shape index (κ2) is 5.50. The number of hydrogen-bond donors (Lipinski definition) is 1. The van der Waals surface area contributed by atoms with Gasteiger partial charge in [0.1, 0.15) is 0 Å². The highest BCUT2D eigenvalue weighted by Crippen LogP contribution is 2.40. The molecule has 18 heavy (non-hydrogen) atoms. The summed E-state index contributed by atoms with van der Waals surface area (Å²) in [5, 5.41) is 10.3. The van der Waals surface area contributed by atoms with Crippen molar-refractivity contribution in [1.29, 1.82) is 0 Å². The number of nitrogens with zero attached hydrogens (tertiary/aromatic N) is 1. The molecule has 2 fully saturated rings. The van der Waals surface area contributed by atoms with Gasteiger partial charge in [-0.15, -0.1) is 0 Å². The van der Waals surface area contributed by atoms with Crippen LogP contribution in [0.15, 0.2) is 0 Å². The number of aliphatic hydroxyl groups is 1. The average molecular weight is 253 g/mol. The van der Waals surface area contributed by atoms with Crippen molar-refractivity contribution >= 4 is 0 Å². The zero-order chi connectivity index (χ0) is 13.3. The van der Waals surface area contributed by atoms with Crippen molar-refractivity contribution in [3.8, 4) is 0 Å². The normalized spacial score (nSPS) is 34.0. The zero-order valence-electron chi connectivity index (χ0n) is 12.7. The molecule has 0 bridgehead atoms. The monoisotopic (exact) mass is 253 g/mol. The Morgan fingerprint density at radius 3 is 2.28 bits per heavy atom. The lowest BCUT2D eigenvalue weighted by atomic mass is 9.70.